The first-order valence-electron chi connectivity index (χ1n) is 11.4. The molecule has 0 saturated carbocycles. The second-order valence-electron chi connectivity index (χ2n) is 8.24. The van der Waals surface area contributed by atoms with Gasteiger partial charge in [0.05, 0.1) is 0 Å². The van der Waals surface area contributed by atoms with Gasteiger partial charge in [-0.15, -0.1) is 0 Å². The van der Waals surface area contributed by atoms with Crippen LogP contribution in [-0.4, -0.2) is 21.7 Å². The minimum Gasteiger partial charge on any atom is -0.360 e. The lowest BCUT2D eigenvalue weighted by Crippen LogP contribution is -2.12. The molecule has 2 aromatic heterocycles. The lowest BCUT2D eigenvalue weighted by molar-refractivity contribution is -0.116. The first kappa shape index (κ1) is 22.1. The number of carbonyl (C=O) groups excluding carboxylic acids is 2. The molecular formula is C29H24N4O2. The zero-order valence-electron chi connectivity index (χ0n) is 19.0. The van der Waals surface area contributed by atoms with Crippen molar-refractivity contribution in [1.29, 1.82) is 0 Å². The van der Waals surface area contributed by atoms with Gasteiger partial charge in [-0.1, -0.05) is 48.5 Å². The highest BCUT2D eigenvalue weighted by atomic mass is 16.1. The highest BCUT2D eigenvalue weighted by Crippen LogP contribution is 2.31. The SMILES string of the molecule is O=C(CCc1cccnc1)Nc1cccc(Nc2cccc3[nH]cc(C(=O)c4ccccc4)c23)c1. The third-order valence-corrected chi connectivity index (χ3v) is 5.78. The van der Waals surface area contributed by atoms with Crippen LogP contribution in [0.2, 0.25) is 0 Å². The topological polar surface area (TPSA) is 86.9 Å². The molecule has 2 heterocycles. The Labute approximate surface area is 203 Å². The molecule has 0 aliphatic heterocycles. The third kappa shape index (κ3) is 5.12. The molecule has 35 heavy (non-hydrogen) atoms. The van der Waals surface area contributed by atoms with Crippen LogP contribution in [0.3, 0.4) is 0 Å². The van der Waals surface area contributed by atoms with Gasteiger partial charge in [0.2, 0.25) is 5.91 Å². The van der Waals surface area contributed by atoms with E-state index in [0.29, 0.717) is 29.7 Å². The molecule has 5 aromatic rings. The highest BCUT2D eigenvalue weighted by Gasteiger charge is 2.17. The number of nitrogens with one attached hydrogen (secondary N) is 3. The summed E-state index contributed by atoms with van der Waals surface area (Å²) in [7, 11) is 0. The van der Waals surface area contributed by atoms with Gasteiger partial charge in [-0.25, -0.2) is 0 Å². The largest absolute Gasteiger partial charge is 0.360 e. The van der Waals surface area contributed by atoms with E-state index in [-0.39, 0.29) is 11.7 Å². The van der Waals surface area contributed by atoms with Crippen molar-refractivity contribution in [3.05, 3.63) is 120 Å². The molecular weight excluding hydrogens is 436 g/mol. The maximum absolute atomic E-state index is 13.2. The van der Waals surface area contributed by atoms with E-state index in [1.165, 1.54) is 0 Å². The number of aromatic nitrogens is 2. The maximum atomic E-state index is 13.2. The molecule has 1 amide bonds. The molecule has 3 N–H and O–H groups in total. The summed E-state index contributed by atoms with van der Waals surface area (Å²) >= 11 is 0. The number of ketones is 1. The van der Waals surface area contributed by atoms with E-state index in [1.54, 1.807) is 18.6 Å². The van der Waals surface area contributed by atoms with Crippen molar-refractivity contribution in [1.82, 2.24) is 9.97 Å². The molecule has 3 aromatic carbocycles. The van der Waals surface area contributed by atoms with Crippen molar-refractivity contribution in [2.24, 2.45) is 0 Å². The Morgan fingerprint density at radius 3 is 2.51 bits per heavy atom. The zero-order valence-corrected chi connectivity index (χ0v) is 19.0. The Morgan fingerprint density at radius 2 is 1.69 bits per heavy atom. The quantitative estimate of drug-likeness (QED) is 0.244. The normalized spacial score (nSPS) is 10.7. The number of benzene rings is 3. The second kappa shape index (κ2) is 10.1. The van der Waals surface area contributed by atoms with Crippen molar-refractivity contribution >= 4 is 39.7 Å². The summed E-state index contributed by atoms with van der Waals surface area (Å²) in [4.78, 5) is 32.9. The lowest BCUT2D eigenvalue weighted by Gasteiger charge is -2.12. The predicted octanol–water partition coefficient (Wildman–Crippen LogP) is 6.11. The summed E-state index contributed by atoms with van der Waals surface area (Å²) in [6.45, 7) is 0. The van der Waals surface area contributed by atoms with E-state index in [0.717, 1.165) is 27.8 Å². The Balaban J connectivity index is 1.34. The summed E-state index contributed by atoms with van der Waals surface area (Å²) in [5.74, 6) is -0.102. The summed E-state index contributed by atoms with van der Waals surface area (Å²) in [6.07, 6.45) is 6.25. The van der Waals surface area contributed by atoms with Crippen LogP contribution in [0.25, 0.3) is 10.9 Å². The molecule has 172 valence electrons. The number of carbonyl (C=O) groups is 2. The number of anilines is 3. The fraction of sp³-hybridized carbons (Fsp3) is 0.0690. The highest BCUT2D eigenvalue weighted by molar-refractivity contribution is 6.19. The summed E-state index contributed by atoms with van der Waals surface area (Å²) in [5, 5.41) is 7.21. The molecule has 0 spiro atoms. The Kier molecular flexibility index (Phi) is 6.35. The molecule has 0 aliphatic rings. The van der Waals surface area contributed by atoms with Crippen molar-refractivity contribution in [2.45, 2.75) is 12.8 Å². The fourth-order valence-electron chi connectivity index (χ4n) is 4.07. The molecule has 6 nitrogen and oxygen atoms in total. The van der Waals surface area contributed by atoms with Crippen molar-refractivity contribution in [3.8, 4) is 0 Å². The van der Waals surface area contributed by atoms with Gasteiger partial charge in [-0.05, 0) is 48.4 Å². The van der Waals surface area contributed by atoms with E-state index in [1.807, 2.05) is 84.9 Å². The molecule has 0 fully saturated rings. The summed E-state index contributed by atoms with van der Waals surface area (Å²) in [5.41, 5.74) is 5.46. The molecule has 0 radical (unpaired) electrons. The number of hydrogen-bond donors (Lipinski definition) is 3. The number of pyridine rings is 1. The van der Waals surface area contributed by atoms with Gasteiger partial charge >= 0.3 is 0 Å². The first-order chi connectivity index (χ1) is 17.2. The van der Waals surface area contributed by atoms with Gasteiger partial charge in [0.25, 0.3) is 0 Å². The molecule has 6 heteroatoms. The molecule has 0 atom stereocenters. The average molecular weight is 461 g/mol. The second-order valence-corrected chi connectivity index (χ2v) is 8.24. The third-order valence-electron chi connectivity index (χ3n) is 5.78. The van der Waals surface area contributed by atoms with E-state index >= 15 is 0 Å². The van der Waals surface area contributed by atoms with E-state index in [9.17, 15) is 9.59 Å². The van der Waals surface area contributed by atoms with Crippen LogP contribution in [0.5, 0.6) is 0 Å². The van der Waals surface area contributed by atoms with Crippen LogP contribution in [0, 0.1) is 0 Å². The van der Waals surface area contributed by atoms with Gasteiger partial charge < -0.3 is 15.6 Å². The Bertz CT molecular complexity index is 1480. The monoisotopic (exact) mass is 460 g/mol. The van der Waals surface area contributed by atoms with E-state index in [2.05, 4.69) is 20.6 Å². The Morgan fingerprint density at radius 1 is 0.857 bits per heavy atom. The van der Waals surface area contributed by atoms with Crippen LogP contribution >= 0.6 is 0 Å². The van der Waals surface area contributed by atoms with E-state index < -0.39 is 0 Å². The number of H-pyrrole nitrogens is 1. The van der Waals surface area contributed by atoms with Gasteiger partial charge in [0, 0.05) is 64.1 Å². The standard InChI is InChI=1S/C29H24N4O2/c34-27(15-14-20-7-6-16-30-18-20)33-23-11-4-10-22(17-23)32-26-13-5-12-25-28(26)24(19-31-25)29(35)21-8-2-1-3-9-21/h1-13,16-19,31-32H,14-15H2,(H,33,34). The molecule has 0 aliphatic carbocycles. The smallest absolute Gasteiger partial charge is 0.224 e. The first-order valence-corrected chi connectivity index (χ1v) is 11.4. The number of amides is 1. The fourth-order valence-corrected chi connectivity index (χ4v) is 4.07. The number of rotatable bonds is 8. The van der Waals surface area contributed by atoms with Gasteiger partial charge in [0.1, 0.15) is 0 Å². The summed E-state index contributed by atoms with van der Waals surface area (Å²) in [6, 6.07) is 26.4. The van der Waals surface area contributed by atoms with Crippen molar-refractivity contribution in [3.63, 3.8) is 0 Å². The minimum atomic E-state index is -0.0607. The molecule has 0 bridgehead atoms. The van der Waals surface area contributed by atoms with Crippen molar-refractivity contribution in [2.75, 3.05) is 10.6 Å². The average Bonchev–Trinajstić information content (AvgIpc) is 3.34. The number of hydrogen-bond acceptors (Lipinski definition) is 4. The van der Waals surface area contributed by atoms with Crippen LogP contribution in [-0.2, 0) is 11.2 Å². The molecule has 0 unspecified atom stereocenters. The number of aromatic amines is 1. The van der Waals surface area contributed by atoms with Crippen LogP contribution in [0.4, 0.5) is 17.1 Å². The predicted molar refractivity (Wildman–Crippen MR) is 139 cm³/mol. The maximum Gasteiger partial charge on any atom is 0.224 e. The van der Waals surface area contributed by atoms with Crippen molar-refractivity contribution < 1.29 is 9.59 Å². The minimum absolute atomic E-state index is 0.0410. The van der Waals surface area contributed by atoms with E-state index in [4.69, 9.17) is 0 Å². The molecule has 0 saturated heterocycles. The zero-order chi connectivity index (χ0) is 24.0. The molecule has 5 rings (SSSR count). The summed E-state index contributed by atoms with van der Waals surface area (Å²) < 4.78 is 0. The van der Waals surface area contributed by atoms with Crippen LogP contribution < -0.4 is 10.6 Å². The number of nitrogens with zero attached hydrogens (tertiary/aromatic N) is 1. The van der Waals surface area contributed by atoms with Crippen LogP contribution in [0.1, 0.15) is 27.9 Å². The van der Waals surface area contributed by atoms with Gasteiger partial charge in [-0.3, -0.25) is 14.6 Å². The van der Waals surface area contributed by atoms with Gasteiger partial charge in [-0.2, -0.15) is 0 Å². The van der Waals surface area contributed by atoms with Crippen LogP contribution in [0.15, 0.2) is 104 Å². The van der Waals surface area contributed by atoms with Gasteiger partial charge in [0.15, 0.2) is 5.78 Å². The number of fused-ring (bicyclic) bond motifs is 1. The Hall–Kier alpha value is -4.71. The number of aryl methyl sites for hydroxylation is 1. The lowest BCUT2D eigenvalue weighted by atomic mass is 10.0.